The molecule has 21 heavy (non-hydrogen) atoms. The van der Waals surface area contributed by atoms with Crippen LogP contribution in [0.5, 0.6) is 0 Å². The van der Waals surface area contributed by atoms with E-state index in [4.69, 9.17) is 0 Å². The largest absolute Gasteiger partial charge is 0.395 e. The van der Waals surface area contributed by atoms with E-state index in [-0.39, 0.29) is 18.2 Å². The van der Waals surface area contributed by atoms with Crippen LogP contribution in [0.4, 0.5) is 0 Å². The summed E-state index contributed by atoms with van der Waals surface area (Å²) in [6.45, 7) is 0.954. The smallest absolute Gasteiger partial charge is 0.282 e. The van der Waals surface area contributed by atoms with Gasteiger partial charge in [-0.15, -0.1) is 0 Å². The lowest BCUT2D eigenvalue weighted by Crippen LogP contribution is -2.60. The molecule has 0 spiro atoms. The fourth-order valence-corrected chi connectivity index (χ4v) is 5.14. The highest BCUT2D eigenvalue weighted by atomic mass is 32.2. The Labute approximate surface area is 128 Å². The van der Waals surface area contributed by atoms with E-state index in [9.17, 15) is 13.5 Å². The first-order valence-electron chi connectivity index (χ1n) is 7.85. The van der Waals surface area contributed by atoms with Gasteiger partial charge in [-0.1, -0.05) is 6.42 Å². The molecule has 2 fully saturated rings. The number of nitrogens with zero attached hydrogens (tertiary/aromatic N) is 3. The Hall–Kier alpha value is -0.210. The van der Waals surface area contributed by atoms with E-state index < -0.39 is 10.2 Å². The molecule has 0 amide bonds. The van der Waals surface area contributed by atoms with E-state index in [0.29, 0.717) is 13.1 Å². The van der Waals surface area contributed by atoms with Crippen LogP contribution in [0.15, 0.2) is 0 Å². The predicted octanol–water partition coefficient (Wildman–Crippen LogP) is 0.494. The molecule has 7 heteroatoms. The maximum absolute atomic E-state index is 12.8. The van der Waals surface area contributed by atoms with Crippen molar-refractivity contribution >= 4 is 10.2 Å². The maximum atomic E-state index is 12.8. The van der Waals surface area contributed by atoms with Crippen molar-refractivity contribution in [1.29, 1.82) is 0 Å². The van der Waals surface area contributed by atoms with Crippen molar-refractivity contribution in [2.24, 2.45) is 0 Å². The van der Waals surface area contributed by atoms with Gasteiger partial charge in [-0.3, -0.25) is 0 Å². The van der Waals surface area contributed by atoms with Crippen molar-refractivity contribution in [3.63, 3.8) is 0 Å². The Morgan fingerprint density at radius 2 is 1.86 bits per heavy atom. The summed E-state index contributed by atoms with van der Waals surface area (Å²) in [6, 6.07) is -0.261. The van der Waals surface area contributed by atoms with Crippen LogP contribution >= 0.6 is 0 Å². The van der Waals surface area contributed by atoms with E-state index in [2.05, 4.69) is 4.90 Å². The zero-order valence-electron chi connectivity index (χ0n) is 13.5. The van der Waals surface area contributed by atoms with E-state index in [1.807, 2.05) is 14.1 Å². The van der Waals surface area contributed by atoms with Gasteiger partial charge in [0, 0.05) is 31.7 Å². The third-order valence-electron chi connectivity index (χ3n) is 5.22. The van der Waals surface area contributed by atoms with Crippen LogP contribution in [0.2, 0.25) is 0 Å². The van der Waals surface area contributed by atoms with Crippen LogP contribution in [0.3, 0.4) is 0 Å². The zero-order chi connectivity index (χ0) is 15.7. The van der Waals surface area contributed by atoms with Crippen molar-refractivity contribution in [3.8, 4) is 0 Å². The lowest BCUT2D eigenvalue weighted by Gasteiger charge is -2.49. The average molecular weight is 319 g/mol. The normalized spacial score (nSPS) is 27.0. The van der Waals surface area contributed by atoms with Gasteiger partial charge in [0.05, 0.1) is 6.61 Å². The summed E-state index contributed by atoms with van der Waals surface area (Å²) < 4.78 is 28.6. The first-order chi connectivity index (χ1) is 9.83. The molecule has 2 aliphatic rings. The summed E-state index contributed by atoms with van der Waals surface area (Å²) in [5.41, 5.74) is -0.0215. The summed E-state index contributed by atoms with van der Waals surface area (Å²) in [7, 11) is 2.23. The molecule has 1 unspecified atom stereocenters. The molecule has 1 N–H and O–H groups in total. The Morgan fingerprint density at radius 1 is 1.19 bits per heavy atom. The van der Waals surface area contributed by atoms with Gasteiger partial charge >= 0.3 is 0 Å². The molecule has 0 aromatic rings. The average Bonchev–Trinajstić information content (AvgIpc) is 2.41. The number of hydrogen-bond acceptors (Lipinski definition) is 4. The summed E-state index contributed by atoms with van der Waals surface area (Å²) in [6.07, 6.45) is 5.87. The van der Waals surface area contributed by atoms with Crippen molar-refractivity contribution in [2.45, 2.75) is 50.1 Å². The molecule has 0 aromatic carbocycles. The van der Waals surface area contributed by atoms with E-state index in [1.54, 1.807) is 7.05 Å². The second-order valence-corrected chi connectivity index (χ2v) is 8.67. The number of aliphatic hydroxyl groups is 1. The molecule has 0 bridgehead atoms. The standard InChI is InChI=1S/C14H29N3O3S/c1-15(2)14(8-6-9-14)12-16(3)21(19,20)17-10-5-4-7-13(17)11-18/h13,18H,4-12H2,1-3H3. The van der Waals surface area contributed by atoms with Crippen LogP contribution in [0.25, 0.3) is 0 Å². The topological polar surface area (TPSA) is 64.1 Å². The number of hydrogen-bond donors (Lipinski definition) is 1. The number of aliphatic hydroxyl groups excluding tert-OH is 1. The number of piperidine rings is 1. The lowest BCUT2D eigenvalue weighted by molar-refractivity contribution is 0.0429. The minimum absolute atomic E-state index is 0.0215. The van der Waals surface area contributed by atoms with Crippen LogP contribution in [0, 0.1) is 0 Å². The zero-order valence-corrected chi connectivity index (χ0v) is 14.3. The van der Waals surface area contributed by atoms with E-state index in [0.717, 1.165) is 38.5 Å². The molecule has 2 rings (SSSR count). The molecule has 1 aliphatic heterocycles. The lowest BCUT2D eigenvalue weighted by atomic mass is 9.75. The molecule has 6 nitrogen and oxygen atoms in total. The predicted molar refractivity (Wildman–Crippen MR) is 83.2 cm³/mol. The Bertz CT molecular complexity index is 448. The maximum Gasteiger partial charge on any atom is 0.282 e. The fraction of sp³-hybridized carbons (Fsp3) is 1.00. The third kappa shape index (κ3) is 3.27. The Morgan fingerprint density at radius 3 is 2.33 bits per heavy atom. The van der Waals surface area contributed by atoms with Crippen molar-refractivity contribution in [3.05, 3.63) is 0 Å². The second-order valence-electron chi connectivity index (χ2n) is 6.68. The molecule has 124 valence electrons. The first kappa shape index (κ1) is 17.1. The van der Waals surface area contributed by atoms with Crippen LogP contribution < -0.4 is 0 Å². The fourth-order valence-electron chi connectivity index (χ4n) is 3.47. The molecule has 1 heterocycles. The Balaban J connectivity index is 2.11. The van der Waals surface area contributed by atoms with E-state index >= 15 is 0 Å². The van der Waals surface area contributed by atoms with Gasteiger partial charge < -0.3 is 10.0 Å². The van der Waals surface area contributed by atoms with Crippen LogP contribution in [-0.2, 0) is 10.2 Å². The van der Waals surface area contributed by atoms with Crippen LogP contribution in [0.1, 0.15) is 38.5 Å². The van der Waals surface area contributed by atoms with Crippen molar-refractivity contribution < 1.29 is 13.5 Å². The van der Waals surface area contributed by atoms with E-state index in [1.165, 1.54) is 8.61 Å². The quantitative estimate of drug-likeness (QED) is 0.774. The summed E-state index contributed by atoms with van der Waals surface area (Å²) in [4.78, 5) is 2.16. The molecule has 1 aliphatic carbocycles. The minimum atomic E-state index is -3.49. The van der Waals surface area contributed by atoms with Crippen LogP contribution in [-0.4, -0.2) is 79.5 Å². The summed E-state index contributed by atoms with van der Waals surface area (Å²) >= 11 is 0. The minimum Gasteiger partial charge on any atom is -0.395 e. The summed E-state index contributed by atoms with van der Waals surface area (Å²) in [5, 5.41) is 9.45. The number of rotatable bonds is 6. The molecule has 0 aromatic heterocycles. The molecular weight excluding hydrogens is 290 g/mol. The van der Waals surface area contributed by atoms with Gasteiger partial charge in [0.25, 0.3) is 10.2 Å². The molecule has 1 atom stereocenters. The van der Waals surface area contributed by atoms with Gasteiger partial charge in [-0.05, 0) is 46.2 Å². The summed E-state index contributed by atoms with van der Waals surface area (Å²) in [5.74, 6) is 0. The molecule has 0 radical (unpaired) electrons. The SMILES string of the molecule is CN(C)C1(CN(C)S(=O)(=O)N2CCCCC2CO)CCC1. The second kappa shape index (κ2) is 6.50. The monoisotopic (exact) mass is 319 g/mol. The van der Waals surface area contributed by atoms with Gasteiger partial charge in [0.1, 0.15) is 0 Å². The highest BCUT2D eigenvalue weighted by molar-refractivity contribution is 7.86. The third-order valence-corrected chi connectivity index (χ3v) is 7.21. The molecular formula is C14H29N3O3S. The van der Waals surface area contributed by atoms with Gasteiger partial charge in [0.2, 0.25) is 0 Å². The Kier molecular flexibility index (Phi) is 5.31. The highest BCUT2D eigenvalue weighted by Crippen LogP contribution is 2.37. The highest BCUT2D eigenvalue weighted by Gasteiger charge is 2.44. The molecule has 1 saturated carbocycles. The number of likely N-dealkylation sites (N-methyl/N-ethyl adjacent to an activating group) is 2. The molecule has 1 saturated heterocycles. The first-order valence-corrected chi connectivity index (χ1v) is 9.24. The van der Waals surface area contributed by atoms with Gasteiger partial charge in [0.15, 0.2) is 0 Å². The van der Waals surface area contributed by atoms with Gasteiger partial charge in [-0.25, -0.2) is 0 Å². The van der Waals surface area contributed by atoms with Gasteiger partial charge in [-0.2, -0.15) is 17.0 Å². The van der Waals surface area contributed by atoms with Crippen molar-refractivity contribution in [2.75, 3.05) is 40.8 Å². The van der Waals surface area contributed by atoms with Crippen molar-refractivity contribution in [1.82, 2.24) is 13.5 Å².